The van der Waals surface area contributed by atoms with Gasteiger partial charge in [0.05, 0.1) is 23.6 Å². The summed E-state index contributed by atoms with van der Waals surface area (Å²) in [6, 6.07) is 13.1. The molecular weight excluding hydrogens is 342 g/mol. The second kappa shape index (κ2) is 6.99. The molecule has 0 saturated carbocycles. The van der Waals surface area contributed by atoms with Crippen molar-refractivity contribution in [2.24, 2.45) is 0 Å². The highest BCUT2D eigenvalue weighted by atomic mass is 16.1. The van der Waals surface area contributed by atoms with E-state index in [1.807, 2.05) is 44.2 Å². The van der Waals surface area contributed by atoms with Crippen LogP contribution in [0.1, 0.15) is 11.3 Å². The second-order valence-electron chi connectivity index (χ2n) is 6.26. The van der Waals surface area contributed by atoms with Crippen LogP contribution in [0.5, 0.6) is 0 Å². The maximum atomic E-state index is 12.2. The SMILES string of the molecule is Cc1nn2cnnc2c(NCCn2nc(-c3ccccc3)ccc2=O)c1C. The molecule has 4 aromatic rings. The number of rotatable bonds is 5. The van der Waals surface area contributed by atoms with Gasteiger partial charge in [-0.3, -0.25) is 4.79 Å². The first kappa shape index (κ1) is 16.9. The highest BCUT2D eigenvalue weighted by Crippen LogP contribution is 2.21. The fraction of sp³-hybridized carbons (Fsp3) is 0.211. The van der Waals surface area contributed by atoms with E-state index in [4.69, 9.17) is 0 Å². The molecule has 3 aromatic heterocycles. The van der Waals surface area contributed by atoms with Crippen LogP contribution < -0.4 is 10.9 Å². The van der Waals surface area contributed by atoms with Gasteiger partial charge in [0.1, 0.15) is 6.33 Å². The molecule has 0 atom stereocenters. The lowest BCUT2D eigenvalue weighted by atomic mass is 10.1. The van der Waals surface area contributed by atoms with Crippen LogP contribution in [-0.4, -0.2) is 36.1 Å². The van der Waals surface area contributed by atoms with Gasteiger partial charge in [-0.1, -0.05) is 30.3 Å². The Morgan fingerprint density at radius 3 is 2.67 bits per heavy atom. The zero-order valence-electron chi connectivity index (χ0n) is 15.1. The third kappa shape index (κ3) is 3.29. The number of benzene rings is 1. The predicted octanol–water partition coefficient (Wildman–Crippen LogP) is 2.08. The molecule has 0 radical (unpaired) electrons. The summed E-state index contributed by atoms with van der Waals surface area (Å²) < 4.78 is 3.12. The predicted molar refractivity (Wildman–Crippen MR) is 103 cm³/mol. The molecule has 0 amide bonds. The van der Waals surface area contributed by atoms with Gasteiger partial charge in [0, 0.05) is 18.2 Å². The van der Waals surface area contributed by atoms with Crippen LogP contribution in [0.4, 0.5) is 5.69 Å². The molecule has 4 rings (SSSR count). The van der Waals surface area contributed by atoms with Gasteiger partial charge in [-0.2, -0.15) is 14.7 Å². The topological polar surface area (TPSA) is 90.0 Å². The van der Waals surface area contributed by atoms with E-state index in [1.54, 1.807) is 23.0 Å². The molecule has 27 heavy (non-hydrogen) atoms. The number of aromatic nitrogens is 6. The van der Waals surface area contributed by atoms with Crippen LogP contribution in [0.25, 0.3) is 16.9 Å². The number of hydrogen-bond donors (Lipinski definition) is 1. The fourth-order valence-electron chi connectivity index (χ4n) is 2.92. The van der Waals surface area contributed by atoms with Crippen molar-refractivity contribution in [3.05, 3.63) is 70.4 Å². The summed E-state index contributed by atoms with van der Waals surface area (Å²) in [6.45, 7) is 4.88. The quantitative estimate of drug-likeness (QED) is 0.585. The van der Waals surface area contributed by atoms with Gasteiger partial charge in [-0.15, -0.1) is 10.2 Å². The Morgan fingerprint density at radius 1 is 1.04 bits per heavy atom. The van der Waals surface area contributed by atoms with Gasteiger partial charge < -0.3 is 5.32 Å². The summed E-state index contributed by atoms with van der Waals surface area (Å²) in [4.78, 5) is 12.2. The van der Waals surface area contributed by atoms with Gasteiger partial charge in [0.25, 0.3) is 5.56 Å². The second-order valence-corrected chi connectivity index (χ2v) is 6.26. The highest BCUT2D eigenvalue weighted by molar-refractivity contribution is 5.71. The summed E-state index contributed by atoms with van der Waals surface area (Å²) in [5.74, 6) is 0. The van der Waals surface area contributed by atoms with Crippen LogP contribution in [0.2, 0.25) is 0 Å². The summed E-state index contributed by atoms with van der Waals surface area (Å²) >= 11 is 0. The van der Waals surface area contributed by atoms with Crippen LogP contribution in [-0.2, 0) is 6.54 Å². The fourth-order valence-corrected chi connectivity index (χ4v) is 2.92. The molecule has 0 aliphatic carbocycles. The van der Waals surface area contributed by atoms with Crippen molar-refractivity contribution in [1.82, 2.24) is 29.6 Å². The van der Waals surface area contributed by atoms with Crippen molar-refractivity contribution in [3.63, 3.8) is 0 Å². The van der Waals surface area contributed by atoms with E-state index in [9.17, 15) is 4.79 Å². The maximum Gasteiger partial charge on any atom is 0.266 e. The zero-order valence-corrected chi connectivity index (χ0v) is 15.1. The van der Waals surface area contributed by atoms with Crippen molar-refractivity contribution < 1.29 is 0 Å². The van der Waals surface area contributed by atoms with Crippen molar-refractivity contribution in [2.45, 2.75) is 20.4 Å². The molecule has 0 spiro atoms. The van der Waals surface area contributed by atoms with E-state index in [0.717, 1.165) is 28.2 Å². The van der Waals surface area contributed by atoms with E-state index in [0.29, 0.717) is 18.7 Å². The van der Waals surface area contributed by atoms with Gasteiger partial charge in [0.15, 0.2) is 0 Å². The molecule has 0 bridgehead atoms. The van der Waals surface area contributed by atoms with Crippen LogP contribution in [0, 0.1) is 13.8 Å². The van der Waals surface area contributed by atoms with E-state index >= 15 is 0 Å². The van der Waals surface area contributed by atoms with Gasteiger partial charge in [0.2, 0.25) is 5.65 Å². The minimum absolute atomic E-state index is 0.133. The largest absolute Gasteiger partial charge is 0.380 e. The first-order chi connectivity index (χ1) is 13.1. The van der Waals surface area contributed by atoms with Crippen LogP contribution >= 0.6 is 0 Å². The zero-order chi connectivity index (χ0) is 18.8. The molecule has 0 saturated heterocycles. The van der Waals surface area contributed by atoms with Crippen molar-refractivity contribution >= 4 is 11.3 Å². The van der Waals surface area contributed by atoms with Crippen molar-refractivity contribution in [1.29, 1.82) is 0 Å². The minimum atomic E-state index is -0.133. The molecule has 136 valence electrons. The van der Waals surface area contributed by atoms with Gasteiger partial charge in [-0.05, 0) is 25.5 Å². The summed E-state index contributed by atoms with van der Waals surface area (Å²) in [6.07, 6.45) is 1.57. The molecule has 0 unspecified atom stereocenters. The highest BCUT2D eigenvalue weighted by Gasteiger charge is 2.11. The van der Waals surface area contributed by atoms with Crippen LogP contribution in [0.15, 0.2) is 53.6 Å². The number of hydrogen-bond acceptors (Lipinski definition) is 6. The standard InChI is InChI=1S/C19H19N7O/c1-13-14(2)23-26-12-21-22-19(26)18(13)20-10-11-25-17(27)9-8-16(24-25)15-6-4-3-5-7-15/h3-9,12,20H,10-11H2,1-2H3. The monoisotopic (exact) mass is 361 g/mol. The Bertz CT molecular complexity index is 1150. The lowest BCUT2D eigenvalue weighted by Crippen LogP contribution is -2.26. The Hall–Kier alpha value is -3.55. The third-order valence-corrected chi connectivity index (χ3v) is 4.49. The minimum Gasteiger partial charge on any atom is -0.380 e. The number of aryl methyl sites for hydroxylation is 1. The molecule has 8 heteroatoms. The Labute approximate surface area is 155 Å². The Balaban J connectivity index is 1.56. The molecule has 3 heterocycles. The lowest BCUT2D eigenvalue weighted by Gasteiger charge is -2.13. The molecule has 1 aromatic carbocycles. The maximum absolute atomic E-state index is 12.2. The number of fused-ring (bicyclic) bond motifs is 1. The van der Waals surface area contributed by atoms with Gasteiger partial charge >= 0.3 is 0 Å². The normalized spacial score (nSPS) is 11.0. The van der Waals surface area contributed by atoms with Gasteiger partial charge in [-0.25, -0.2) is 4.68 Å². The third-order valence-electron chi connectivity index (χ3n) is 4.49. The van der Waals surface area contributed by atoms with E-state index in [1.165, 1.54) is 4.68 Å². The average Bonchev–Trinajstić information content (AvgIpc) is 3.14. The molecule has 0 aliphatic heterocycles. The number of nitrogens with one attached hydrogen (secondary N) is 1. The van der Waals surface area contributed by atoms with Crippen LogP contribution in [0.3, 0.4) is 0 Å². The lowest BCUT2D eigenvalue weighted by molar-refractivity contribution is 0.600. The first-order valence-corrected chi connectivity index (χ1v) is 8.68. The summed E-state index contributed by atoms with van der Waals surface area (Å²) in [5, 5.41) is 20.3. The average molecular weight is 361 g/mol. The molecule has 0 aliphatic rings. The summed E-state index contributed by atoms with van der Waals surface area (Å²) in [7, 11) is 0. The first-order valence-electron chi connectivity index (χ1n) is 8.68. The molecular formula is C19H19N7O. The Kier molecular flexibility index (Phi) is 4.37. The number of anilines is 1. The smallest absolute Gasteiger partial charge is 0.266 e. The van der Waals surface area contributed by atoms with Crippen molar-refractivity contribution in [3.8, 4) is 11.3 Å². The van der Waals surface area contributed by atoms with E-state index < -0.39 is 0 Å². The summed E-state index contributed by atoms with van der Waals surface area (Å²) in [5.41, 5.74) is 5.05. The molecule has 8 nitrogen and oxygen atoms in total. The molecule has 0 fully saturated rings. The van der Waals surface area contributed by atoms with E-state index in [-0.39, 0.29) is 5.56 Å². The van der Waals surface area contributed by atoms with Crippen molar-refractivity contribution in [2.75, 3.05) is 11.9 Å². The Morgan fingerprint density at radius 2 is 1.85 bits per heavy atom. The number of nitrogens with zero attached hydrogens (tertiary/aromatic N) is 6. The van der Waals surface area contributed by atoms with E-state index in [2.05, 4.69) is 25.7 Å². The molecule has 1 N–H and O–H groups in total.